The molecule has 2 nitrogen and oxygen atoms in total. The largest absolute Gasteiger partial charge is 0.466 e. The fraction of sp³-hybridized carbons (Fsp3) is 0.316. The quantitative estimate of drug-likeness (QED) is 0.674. The van der Waals surface area contributed by atoms with Gasteiger partial charge in [-0.1, -0.05) is 11.6 Å². The van der Waals surface area contributed by atoms with E-state index in [9.17, 15) is 13.6 Å². The molecule has 2 aromatic carbocycles. The minimum atomic E-state index is -0.540. The Morgan fingerprint density at radius 3 is 2.33 bits per heavy atom. The van der Waals surface area contributed by atoms with Gasteiger partial charge in [-0.05, 0) is 79.3 Å². The second kappa shape index (κ2) is 7.75. The van der Waals surface area contributed by atoms with Crippen LogP contribution in [0.15, 0.2) is 24.3 Å². The van der Waals surface area contributed by atoms with Gasteiger partial charge in [-0.25, -0.2) is 8.78 Å². The summed E-state index contributed by atoms with van der Waals surface area (Å²) in [5.74, 6) is -1.24. The van der Waals surface area contributed by atoms with Crippen LogP contribution < -0.4 is 0 Å². The number of ether oxygens (including phenoxy) is 1. The molecule has 0 aliphatic carbocycles. The maximum Gasteiger partial charge on any atom is 0.306 e. The fourth-order valence-corrected chi connectivity index (χ4v) is 3.05. The Hall–Kier alpha value is -1.94. The lowest BCUT2D eigenvalue weighted by molar-refractivity contribution is -0.143. The second-order valence-corrected chi connectivity index (χ2v) is 6.06. The summed E-state index contributed by atoms with van der Waals surface area (Å²) in [5, 5.41) is -0.0190. The molecule has 2 rings (SSSR count). The number of rotatable bonds is 5. The Balaban J connectivity index is 2.41. The molecule has 0 unspecified atom stereocenters. The van der Waals surface area contributed by atoms with Crippen molar-refractivity contribution in [3.8, 4) is 11.1 Å². The number of hydrogen-bond donors (Lipinski definition) is 0. The van der Waals surface area contributed by atoms with Gasteiger partial charge in [-0.3, -0.25) is 4.79 Å². The molecule has 0 atom stereocenters. The molecule has 0 saturated heterocycles. The Labute approximate surface area is 145 Å². The second-order valence-electron chi connectivity index (χ2n) is 5.65. The molecule has 0 radical (unpaired) electrons. The highest BCUT2D eigenvalue weighted by atomic mass is 35.5. The average Bonchev–Trinajstić information content (AvgIpc) is 2.48. The first-order valence-corrected chi connectivity index (χ1v) is 8.12. The van der Waals surface area contributed by atoms with Crippen LogP contribution in [0, 0.1) is 25.5 Å². The third-order valence-electron chi connectivity index (χ3n) is 3.79. The van der Waals surface area contributed by atoms with Crippen molar-refractivity contribution in [2.45, 2.75) is 33.6 Å². The zero-order chi connectivity index (χ0) is 17.9. The predicted octanol–water partition coefficient (Wildman–Crippen LogP) is 5.40. The summed E-state index contributed by atoms with van der Waals surface area (Å²) >= 11 is 6.02. The number of halogens is 3. The summed E-state index contributed by atoms with van der Waals surface area (Å²) in [6.07, 6.45) is 0.267. The molecule has 0 aliphatic heterocycles. The van der Waals surface area contributed by atoms with Gasteiger partial charge in [-0.2, -0.15) is 0 Å². The summed E-state index contributed by atoms with van der Waals surface area (Å²) < 4.78 is 32.6. The van der Waals surface area contributed by atoms with Crippen molar-refractivity contribution in [2.24, 2.45) is 0 Å². The summed E-state index contributed by atoms with van der Waals surface area (Å²) in [6.45, 7) is 5.59. The first-order chi connectivity index (χ1) is 11.3. The molecule has 0 heterocycles. The summed E-state index contributed by atoms with van der Waals surface area (Å²) in [7, 11) is 0. The monoisotopic (exact) mass is 352 g/mol. The van der Waals surface area contributed by atoms with Crippen molar-refractivity contribution < 1.29 is 18.3 Å². The standard InChI is InChI=1S/C19H19ClF2O2/c1-4-24-17(23)6-5-13-9-14(10-16(20)19(13)22)18-11(2)7-15(21)8-12(18)3/h7-10H,4-6H2,1-3H3. The Morgan fingerprint density at radius 2 is 1.75 bits per heavy atom. The molecular weight excluding hydrogens is 334 g/mol. The van der Waals surface area contributed by atoms with Gasteiger partial charge in [-0.15, -0.1) is 0 Å². The van der Waals surface area contributed by atoms with E-state index < -0.39 is 5.82 Å². The molecule has 0 amide bonds. The maximum absolute atomic E-state index is 14.3. The molecule has 0 aromatic heterocycles. The van der Waals surface area contributed by atoms with Gasteiger partial charge in [0.1, 0.15) is 11.6 Å². The van der Waals surface area contributed by atoms with Crippen molar-refractivity contribution in [3.05, 3.63) is 57.6 Å². The van der Waals surface area contributed by atoms with Crippen molar-refractivity contribution in [3.63, 3.8) is 0 Å². The Kier molecular flexibility index (Phi) is 5.94. The van der Waals surface area contributed by atoms with Gasteiger partial charge in [0.05, 0.1) is 11.6 Å². The number of benzene rings is 2. The van der Waals surface area contributed by atoms with E-state index in [2.05, 4.69) is 0 Å². The SMILES string of the molecule is CCOC(=O)CCc1cc(-c2c(C)cc(F)cc2C)cc(Cl)c1F. The lowest BCUT2D eigenvalue weighted by atomic mass is 9.93. The lowest BCUT2D eigenvalue weighted by Gasteiger charge is -2.14. The van der Waals surface area contributed by atoms with Crippen molar-refractivity contribution in [1.29, 1.82) is 0 Å². The first kappa shape index (κ1) is 18.4. The van der Waals surface area contributed by atoms with E-state index in [1.807, 2.05) is 0 Å². The molecule has 0 spiro atoms. The highest BCUT2D eigenvalue weighted by Crippen LogP contribution is 2.33. The van der Waals surface area contributed by atoms with E-state index >= 15 is 0 Å². The summed E-state index contributed by atoms with van der Waals surface area (Å²) in [5.41, 5.74) is 3.35. The third kappa shape index (κ3) is 4.12. The molecule has 24 heavy (non-hydrogen) atoms. The highest BCUT2D eigenvalue weighted by molar-refractivity contribution is 6.31. The highest BCUT2D eigenvalue weighted by Gasteiger charge is 2.15. The Morgan fingerprint density at radius 1 is 1.12 bits per heavy atom. The third-order valence-corrected chi connectivity index (χ3v) is 4.07. The van der Waals surface area contributed by atoms with Crippen LogP contribution in [-0.2, 0) is 16.0 Å². The van der Waals surface area contributed by atoms with Crippen LogP contribution in [0.1, 0.15) is 30.0 Å². The van der Waals surface area contributed by atoms with Crippen molar-refractivity contribution >= 4 is 17.6 Å². The van der Waals surface area contributed by atoms with Crippen LogP contribution in [-0.4, -0.2) is 12.6 Å². The van der Waals surface area contributed by atoms with Crippen molar-refractivity contribution in [2.75, 3.05) is 6.61 Å². The van der Waals surface area contributed by atoms with E-state index in [1.54, 1.807) is 26.8 Å². The van der Waals surface area contributed by atoms with E-state index in [1.165, 1.54) is 18.2 Å². The van der Waals surface area contributed by atoms with Gasteiger partial charge in [0.15, 0.2) is 0 Å². The Bertz CT molecular complexity index is 749. The first-order valence-electron chi connectivity index (χ1n) is 7.74. The van der Waals surface area contributed by atoms with Gasteiger partial charge in [0, 0.05) is 6.42 Å². The zero-order valence-electron chi connectivity index (χ0n) is 13.9. The van der Waals surface area contributed by atoms with Gasteiger partial charge in [0.25, 0.3) is 0 Å². The molecule has 0 fully saturated rings. The number of esters is 1. The molecular formula is C19H19ClF2O2. The molecule has 2 aromatic rings. The minimum Gasteiger partial charge on any atom is -0.466 e. The van der Waals surface area contributed by atoms with Gasteiger partial charge in [0.2, 0.25) is 0 Å². The topological polar surface area (TPSA) is 26.3 Å². The van der Waals surface area contributed by atoms with Crippen LogP contribution in [0.2, 0.25) is 5.02 Å². The molecule has 0 bridgehead atoms. The molecule has 5 heteroatoms. The minimum absolute atomic E-state index is 0.0190. The van der Waals surface area contributed by atoms with Crippen LogP contribution in [0.4, 0.5) is 8.78 Å². The normalized spacial score (nSPS) is 10.8. The van der Waals surface area contributed by atoms with E-state index in [0.29, 0.717) is 11.1 Å². The molecule has 0 aliphatic rings. The van der Waals surface area contributed by atoms with Crippen LogP contribution >= 0.6 is 11.6 Å². The fourth-order valence-electron chi connectivity index (χ4n) is 2.81. The van der Waals surface area contributed by atoms with Crippen LogP contribution in [0.25, 0.3) is 11.1 Å². The number of hydrogen-bond acceptors (Lipinski definition) is 2. The van der Waals surface area contributed by atoms with Gasteiger partial charge >= 0.3 is 5.97 Å². The van der Waals surface area contributed by atoms with Crippen LogP contribution in [0.3, 0.4) is 0 Å². The van der Waals surface area contributed by atoms with Crippen LogP contribution in [0.5, 0.6) is 0 Å². The summed E-state index contributed by atoms with van der Waals surface area (Å²) in [6, 6.07) is 6.04. The smallest absolute Gasteiger partial charge is 0.306 e. The zero-order valence-corrected chi connectivity index (χ0v) is 14.6. The predicted molar refractivity (Wildman–Crippen MR) is 91.2 cm³/mol. The molecule has 0 N–H and O–H groups in total. The van der Waals surface area contributed by atoms with E-state index in [0.717, 1.165) is 16.7 Å². The van der Waals surface area contributed by atoms with E-state index in [4.69, 9.17) is 16.3 Å². The number of aryl methyl sites for hydroxylation is 3. The summed E-state index contributed by atoms with van der Waals surface area (Å²) in [4.78, 5) is 11.5. The average molecular weight is 353 g/mol. The molecule has 0 saturated carbocycles. The maximum atomic E-state index is 14.3. The lowest BCUT2D eigenvalue weighted by Crippen LogP contribution is -2.06. The number of carbonyl (C=O) groups is 1. The number of carbonyl (C=O) groups excluding carboxylic acids is 1. The molecule has 128 valence electrons. The van der Waals surface area contributed by atoms with E-state index in [-0.39, 0.29) is 36.3 Å². The van der Waals surface area contributed by atoms with Gasteiger partial charge < -0.3 is 4.74 Å². The van der Waals surface area contributed by atoms with Crippen molar-refractivity contribution in [1.82, 2.24) is 0 Å².